The minimum absolute atomic E-state index is 0.0216. The molecule has 2 aromatic rings. The second-order valence-corrected chi connectivity index (χ2v) is 5.97. The zero-order valence-electron chi connectivity index (χ0n) is 10.7. The quantitative estimate of drug-likeness (QED) is 0.925. The van der Waals surface area contributed by atoms with Gasteiger partial charge < -0.3 is 10.0 Å². The van der Waals surface area contributed by atoms with Crippen LogP contribution in [0.1, 0.15) is 6.42 Å². The average Bonchev–Trinajstić information content (AvgIpc) is 3.04. The number of halogens is 3. The highest BCUT2D eigenvalue weighted by atomic mass is 32.1. The second kappa shape index (κ2) is 4.59. The zero-order valence-corrected chi connectivity index (χ0v) is 11.5. The molecular formula is C13H11F3N2O2S. The Morgan fingerprint density at radius 1 is 1.43 bits per heavy atom. The van der Waals surface area contributed by atoms with E-state index < -0.39 is 30.5 Å². The molecule has 1 fully saturated rings. The number of carbonyl (C=O) groups is 1. The van der Waals surface area contributed by atoms with Crippen molar-refractivity contribution in [2.75, 3.05) is 18.0 Å². The van der Waals surface area contributed by atoms with Gasteiger partial charge in [-0.3, -0.25) is 4.79 Å². The molecule has 1 unspecified atom stereocenters. The Kier molecular flexibility index (Phi) is 3.09. The van der Waals surface area contributed by atoms with Gasteiger partial charge in [0.1, 0.15) is 5.82 Å². The van der Waals surface area contributed by atoms with Crippen molar-refractivity contribution in [3.8, 4) is 0 Å². The number of hydrogen-bond donors (Lipinski definition) is 1. The first-order valence-electron chi connectivity index (χ1n) is 6.22. The summed E-state index contributed by atoms with van der Waals surface area (Å²) in [6.07, 6.45) is -3.72. The van der Waals surface area contributed by atoms with E-state index in [2.05, 4.69) is 4.98 Å². The molecule has 3 rings (SSSR count). The van der Waals surface area contributed by atoms with Gasteiger partial charge in [-0.05, 0) is 23.9 Å². The van der Waals surface area contributed by atoms with Crippen LogP contribution in [-0.2, 0) is 4.79 Å². The number of carboxylic acids is 1. The highest BCUT2D eigenvalue weighted by Gasteiger charge is 2.63. The number of nitrogens with zero attached hydrogens (tertiary/aromatic N) is 2. The van der Waals surface area contributed by atoms with Gasteiger partial charge in [0, 0.05) is 29.4 Å². The van der Waals surface area contributed by atoms with E-state index in [0.717, 1.165) is 10.1 Å². The Morgan fingerprint density at radius 2 is 2.19 bits per heavy atom. The molecule has 1 aliphatic heterocycles. The van der Waals surface area contributed by atoms with Gasteiger partial charge in [0.2, 0.25) is 0 Å². The summed E-state index contributed by atoms with van der Waals surface area (Å²) < 4.78 is 40.5. The van der Waals surface area contributed by atoms with Crippen molar-refractivity contribution in [2.45, 2.75) is 12.6 Å². The van der Waals surface area contributed by atoms with E-state index in [1.165, 1.54) is 22.4 Å². The lowest BCUT2D eigenvalue weighted by Crippen LogP contribution is -2.47. The SMILES string of the molecule is O=C(O)C1(C(F)(F)F)CCN(c2nccc3sccc23)C1. The predicted molar refractivity (Wildman–Crippen MR) is 72.6 cm³/mol. The molecule has 0 aliphatic carbocycles. The summed E-state index contributed by atoms with van der Waals surface area (Å²) >= 11 is 1.47. The molecule has 1 saturated heterocycles. The summed E-state index contributed by atoms with van der Waals surface area (Å²) in [5.74, 6) is -1.41. The van der Waals surface area contributed by atoms with Crippen molar-refractivity contribution in [2.24, 2.45) is 5.41 Å². The number of anilines is 1. The van der Waals surface area contributed by atoms with Crippen LogP contribution >= 0.6 is 11.3 Å². The Labute approximate surface area is 121 Å². The maximum Gasteiger partial charge on any atom is 0.406 e. The minimum atomic E-state index is -4.78. The van der Waals surface area contributed by atoms with Gasteiger partial charge in [-0.25, -0.2) is 4.98 Å². The first kappa shape index (κ1) is 14.1. The predicted octanol–water partition coefficient (Wildman–Crippen LogP) is 3.14. The molecule has 3 heterocycles. The van der Waals surface area contributed by atoms with Gasteiger partial charge in [0.05, 0.1) is 0 Å². The van der Waals surface area contributed by atoms with Gasteiger partial charge in [-0.1, -0.05) is 0 Å². The molecule has 0 bridgehead atoms. The third kappa shape index (κ3) is 2.05. The molecule has 1 atom stereocenters. The van der Waals surface area contributed by atoms with E-state index in [1.807, 2.05) is 5.38 Å². The number of aliphatic carboxylic acids is 1. The van der Waals surface area contributed by atoms with Crippen LogP contribution in [0.25, 0.3) is 10.1 Å². The summed E-state index contributed by atoms with van der Waals surface area (Å²) in [7, 11) is 0. The number of thiophene rings is 1. The van der Waals surface area contributed by atoms with Crippen molar-refractivity contribution in [1.82, 2.24) is 4.98 Å². The first-order valence-corrected chi connectivity index (χ1v) is 7.10. The summed E-state index contributed by atoms with van der Waals surface area (Å²) in [6.45, 7) is -0.582. The van der Waals surface area contributed by atoms with Crippen LogP contribution in [0.2, 0.25) is 0 Å². The van der Waals surface area contributed by atoms with E-state index in [-0.39, 0.29) is 6.54 Å². The lowest BCUT2D eigenvalue weighted by atomic mass is 9.86. The fourth-order valence-corrected chi connectivity index (χ4v) is 3.43. The molecule has 1 aliphatic rings. The number of hydrogen-bond acceptors (Lipinski definition) is 4. The summed E-state index contributed by atoms with van der Waals surface area (Å²) in [5.41, 5.74) is -2.72. The lowest BCUT2D eigenvalue weighted by molar-refractivity contribution is -0.225. The molecule has 0 amide bonds. The Balaban J connectivity index is 2.00. The first-order chi connectivity index (χ1) is 9.85. The monoisotopic (exact) mass is 316 g/mol. The lowest BCUT2D eigenvalue weighted by Gasteiger charge is -2.27. The molecule has 4 nitrogen and oxygen atoms in total. The molecule has 21 heavy (non-hydrogen) atoms. The number of alkyl halides is 3. The van der Waals surface area contributed by atoms with E-state index in [9.17, 15) is 18.0 Å². The molecular weight excluding hydrogens is 305 g/mol. The van der Waals surface area contributed by atoms with Gasteiger partial charge >= 0.3 is 12.1 Å². The van der Waals surface area contributed by atoms with Crippen molar-refractivity contribution in [3.05, 3.63) is 23.7 Å². The van der Waals surface area contributed by atoms with Crippen molar-refractivity contribution >= 4 is 33.2 Å². The Hall–Kier alpha value is -1.83. The molecule has 1 N–H and O–H groups in total. The van der Waals surface area contributed by atoms with Crippen LogP contribution in [-0.4, -0.2) is 35.3 Å². The number of aromatic nitrogens is 1. The molecule has 0 spiro atoms. The van der Waals surface area contributed by atoms with E-state index in [4.69, 9.17) is 5.11 Å². The minimum Gasteiger partial charge on any atom is -0.481 e. The highest BCUT2D eigenvalue weighted by molar-refractivity contribution is 7.17. The Bertz CT molecular complexity index is 700. The molecule has 0 saturated carbocycles. The maximum atomic E-state index is 13.2. The molecule has 112 valence electrons. The molecule has 2 aromatic heterocycles. The van der Waals surface area contributed by atoms with Crippen LogP contribution in [0.4, 0.5) is 19.0 Å². The summed E-state index contributed by atoms with van der Waals surface area (Å²) in [6, 6.07) is 3.57. The zero-order chi connectivity index (χ0) is 15.3. The molecule has 8 heteroatoms. The van der Waals surface area contributed by atoms with E-state index >= 15 is 0 Å². The standard InChI is InChI=1S/C13H11F3N2O2S/c14-13(15,16)12(11(19)20)3-5-18(7-12)10-8-2-6-21-9(8)1-4-17-10/h1-2,4,6H,3,5,7H2,(H,19,20). The van der Waals surface area contributed by atoms with Crippen LogP contribution in [0.5, 0.6) is 0 Å². The smallest absolute Gasteiger partial charge is 0.406 e. The largest absolute Gasteiger partial charge is 0.481 e. The number of fused-ring (bicyclic) bond motifs is 1. The van der Waals surface area contributed by atoms with Crippen LogP contribution < -0.4 is 4.90 Å². The van der Waals surface area contributed by atoms with Crippen molar-refractivity contribution in [3.63, 3.8) is 0 Å². The van der Waals surface area contributed by atoms with Crippen LogP contribution in [0, 0.1) is 5.41 Å². The average molecular weight is 316 g/mol. The van der Waals surface area contributed by atoms with E-state index in [0.29, 0.717) is 5.82 Å². The maximum absolute atomic E-state index is 13.2. The van der Waals surface area contributed by atoms with Crippen LogP contribution in [0.3, 0.4) is 0 Å². The second-order valence-electron chi connectivity index (χ2n) is 5.02. The third-order valence-corrected chi connectivity index (χ3v) is 4.76. The summed E-state index contributed by atoms with van der Waals surface area (Å²) in [4.78, 5) is 16.7. The number of carboxylic acid groups (broad SMARTS) is 1. The van der Waals surface area contributed by atoms with Gasteiger partial charge in [0.15, 0.2) is 5.41 Å². The van der Waals surface area contributed by atoms with Gasteiger partial charge in [-0.15, -0.1) is 11.3 Å². The number of pyridine rings is 1. The van der Waals surface area contributed by atoms with Gasteiger partial charge in [0.25, 0.3) is 0 Å². The normalized spacial score (nSPS) is 22.9. The van der Waals surface area contributed by atoms with Gasteiger partial charge in [-0.2, -0.15) is 13.2 Å². The third-order valence-electron chi connectivity index (χ3n) is 3.88. The Morgan fingerprint density at radius 3 is 2.81 bits per heavy atom. The molecule has 0 radical (unpaired) electrons. The topological polar surface area (TPSA) is 53.4 Å². The fraction of sp³-hybridized carbons (Fsp3) is 0.385. The summed E-state index contributed by atoms with van der Waals surface area (Å²) in [5, 5.41) is 11.7. The highest BCUT2D eigenvalue weighted by Crippen LogP contribution is 2.47. The van der Waals surface area contributed by atoms with Crippen LogP contribution in [0.15, 0.2) is 23.7 Å². The molecule has 0 aromatic carbocycles. The van der Waals surface area contributed by atoms with Crippen molar-refractivity contribution < 1.29 is 23.1 Å². The van der Waals surface area contributed by atoms with Crippen molar-refractivity contribution in [1.29, 1.82) is 0 Å². The number of rotatable bonds is 2. The van der Waals surface area contributed by atoms with E-state index in [1.54, 1.807) is 12.1 Å². The fourth-order valence-electron chi connectivity index (χ4n) is 2.65.